The Morgan fingerprint density at radius 1 is 0.892 bits per heavy atom. The molecule has 5 rings (SSSR count). The van der Waals surface area contributed by atoms with Crippen LogP contribution in [0.2, 0.25) is 0 Å². The van der Waals surface area contributed by atoms with E-state index in [9.17, 15) is 13.2 Å². The summed E-state index contributed by atoms with van der Waals surface area (Å²) in [7, 11) is -1.97. The molecule has 1 aliphatic heterocycles. The van der Waals surface area contributed by atoms with Gasteiger partial charge in [-0.25, -0.2) is 13.4 Å². The molecule has 0 bridgehead atoms. The third-order valence-electron chi connectivity index (χ3n) is 6.98. The van der Waals surface area contributed by atoms with Crippen LogP contribution < -0.4 is 15.2 Å². The summed E-state index contributed by atoms with van der Waals surface area (Å²) < 4.78 is 40.7. The Morgan fingerprint density at radius 2 is 1.57 bits per heavy atom. The van der Waals surface area contributed by atoms with E-state index in [-0.39, 0.29) is 41.6 Å². The van der Waals surface area contributed by atoms with Gasteiger partial charge in [-0.15, -0.1) is 0 Å². The number of sulfonamides is 1. The minimum Gasteiger partial charge on any atom is -0.483 e. The van der Waals surface area contributed by atoms with Gasteiger partial charge < -0.3 is 14.4 Å². The van der Waals surface area contributed by atoms with Gasteiger partial charge in [0.15, 0.2) is 5.03 Å². The van der Waals surface area contributed by atoms with Gasteiger partial charge in [0.05, 0.1) is 24.1 Å². The van der Waals surface area contributed by atoms with Crippen molar-refractivity contribution in [1.82, 2.24) is 19.1 Å². The zero-order valence-electron chi connectivity index (χ0n) is 20.8. The summed E-state index contributed by atoms with van der Waals surface area (Å²) in [5.74, 6) is 0.251. The number of pyridine rings is 1. The lowest BCUT2D eigenvalue weighted by Gasteiger charge is -2.36. The van der Waals surface area contributed by atoms with Crippen molar-refractivity contribution in [2.45, 2.75) is 42.9 Å². The van der Waals surface area contributed by atoms with Crippen LogP contribution in [0.1, 0.15) is 25.7 Å². The molecule has 2 fully saturated rings. The highest BCUT2D eigenvalue weighted by atomic mass is 32.2. The monoisotopic (exact) mass is 525 g/mol. The average Bonchev–Trinajstić information content (AvgIpc) is 2.95. The Bertz CT molecular complexity index is 1350. The predicted octanol–water partition coefficient (Wildman–Crippen LogP) is 2.47. The van der Waals surface area contributed by atoms with Crippen molar-refractivity contribution in [2.24, 2.45) is 0 Å². The van der Waals surface area contributed by atoms with Crippen molar-refractivity contribution < 1.29 is 17.9 Å². The molecule has 196 valence electrons. The lowest BCUT2D eigenvalue weighted by Crippen LogP contribution is -2.49. The van der Waals surface area contributed by atoms with Gasteiger partial charge in [0, 0.05) is 39.5 Å². The highest BCUT2D eigenvalue weighted by Crippen LogP contribution is 2.31. The van der Waals surface area contributed by atoms with Crippen LogP contribution in [-0.2, 0) is 14.8 Å². The maximum Gasteiger partial charge on any atom is 0.316 e. The first kappa shape index (κ1) is 25.4. The van der Waals surface area contributed by atoms with E-state index in [0.29, 0.717) is 24.5 Å². The van der Waals surface area contributed by atoms with Gasteiger partial charge in [0.2, 0.25) is 5.75 Å². The van der Waals surface area contributed by atoms with Crippen LogP contribution in [0, 0.1) is 0 Å². The van der Waals surface area contributed by atoms with Crippen molar-refractivity contribution >= 4 is 15.7 Å². The molecule has 1 aromatic carbocycles. The van der Waals surface area contributed by atoms with Crippen LogP contribution in [0.4, 0.5) is 5.69 Å². The fraction of sp³-hybridized carbons (Fsp3) is 0.423. The quantitative estimate of drug-likeness (QED) is 0.463. The van der Waals surface area contributed by atoms with Crippen LogP contribution in [0.25, 0.3) is 5.69 Å². The van der Waals surface area contributed by atoms with Gasteiger partial charge in [-0.3, -0.25) is 4.79 Å². The summed E-state index contributed by atoms with van der Waals surface area (Å²) in [5.41, 5.74) is 0.903. The number of hydrogen-bond donors (Lipinski definition) is 0. The molecule has 10 nitrogen and oxygen atoms in total. The molecule has 0 N–H and O–H groups in total. The predicted molar refractivity (Wildman–Crippen MR) is 139 cm³/mol. The molecule has 0 radical (unpaired) electrons. The molecule has 0 spiro atoms. The zero-order valence-corrected chi connectivity index (χ0v) is 21.6. The Hall–Kier alpha value is -3.28. The van der Waals surface area contributed by atoms with E-state index in [1.807, 2.05) is 35.2 Å². The van der Waals surface area contributed by atoms with Crippen molar-refractivity contribution in [3.05, 3.63) is 71.3 Å². The van der Waals surface area contributed by atoms with E-state index >= 15 is 0 Å². The second-order valence-electron chi connectivity index (χ2n) is 9.22. The topological polar surface area (TPSA) is 107 Å². The third-order valence-corrected chi connectivity index (χ3v) is 8.79. The molecule has 3 heterocycles. The number of anilines is 1. The second-order valence-corrected chi connectivity index (χ2v) is 11.1. The van der Waals surface area contributed by atoms with Crippen molar-refractivity contribution in [1.29, 1.82) is 0 Å². The third kappa shape index (κ3) is 5.39. The summed E-state index contributed by atoms with van der Waals surface area (Å²) in [4.78, 5) is 19.6. The molecule has 2 aromatic heterocycles. The van der Waals surface area contributed by atoms with E-state index in [2.05, 4.69) is 10.1 Å². The van der Waals surface area contributed by atoms with Crippen LogP contribution in [0.5, 0.6) is 5.75 Å². The van der Waals surface area contributed by atoms with Crippen molar-refractivity contribution in [2.75, 3.05) is 38.2 Å². The molecule has 1 aliphatic carbocycles. The highest BCUT2D eigenvalue weighted by molar-refractivity contribution is 7.89. The molecule has 0 amide bonds. The zero-order chi connectivity index (χ0) is 25.8. The Kier molecular flexibility index (Phi) is 7.54. The molecule has 0 unspecified atom stereocenters. The number of benzene rings is 1. The standard InChI is InChI=1S/C26H31N5O5S/c1-35-21-10-12-22(13-11-21)36-25-23(19-28-31(26(25)32)20-7-3-2-4-8-20)29-15-17-30(18-16-29)37(33,34)24-9-5-6-14-27-24/h2-9,14,19,21-22H,10-13,15-18H2,1H3. The van der Waals surface area contributed by atoms with E-state index in [1.54, 1.807) is 25.4 Å². The Balaban J connectivity index is 1.40. The highest BCUT2D eigenvalue weighted by Gasteiger charge is 2.32. The first-order valence-electron chi connectivity index (χ1n) is 12.5. The summed E-state index contributed by atoms with van der Waals surface area (Å²) in [6, 6.07) is 14.1. The normalized spacial score (nSPS) is 21.1. The van der Waals surface area contributed by atoms with Crippen LogP contribution in [0.3, 0.4) is 0 Å². The van der Waals surface area contributed by atoms with Gasteiger partial charge in [0.25, 0.3) is 10.0 Å². The molecule has 0 atom stereocenters. The van der Waals surface area contributed by atoms with Gasteiger partial charge in [-0.2, -0.15) is 14.1 Å². The number of methoxy groups -OCH3 is 1. The minimum atomic E-state index is -3.69. The number of aromatic nitrogens is 3. The van der Waals surface area contributed by atoms with Gasteiger partial charge >= 0.3 is 5.56 Å². The molecular formula is C26H31N5O5S. The van der Waals surface area contributed by atoms with Crippen molar-refractivity contribution in [3.63, 3.8) is 0 Å². The first-order chi connectivity index (χ1) is 18.0. The lowest BCUT2D eigenvalue weighted by molar-refractivity contribution is 0.0323. The fourth-order valence-corrected chi connectivity index (χ4v) is 6.23. The summed E-state index contributed by atoms with van der Waals surface area (Å²) in [5, 5.41) is 4.47. The lowest BCUT2D eigenvalue weighted by atomic mass is 9.95. The second kappa shape index (κ2) is 11.0. The largest absolute Gasteiger partial charge is 0.483 e. The molecular weight excluding hydrogens is 494 g/mol. The number of rotatable bonds is 7. The van der Waals surface area contributed by atoms with Gasteiger partial charge in [-0.05, 0) is 49.9 Å². The smallest absolute Gasteiger partial charge is 0.316 e. The summed E-state index contributed by atoms with van der Waals surface area (Å²) >= 11 is 0. The van der Waals surface area contributed by atoms with E-state index in [0.717, 1.165) is 25.7 Å². The molecule has 1 saturated carbocycles. The SMILES string of the molecule is COC1CCC(Oc2c(N3CCN(S(=O)(=O)c4ccccn4)CC3)cnn(-c3ccccc3)c2=O)CC1. The number of para-hydroxylation sites is 1. The summed E-state index contributed by atoms with van der Waals surface area (Å²) in [6.07, 6.45) is 6.56. The summed E-state index contributed by atoms with van der Waals surface area (Å²) in [6.45, 7) is 1.32. The maximum atomic E-state index is 13.6. The van der Waals surface area contributed by atoms with Crippen LogP contribution in [-0.4, -0.2) is 73.0 Å². The fourth-order valence-electron chi connectivity index (χ4n) is 4.87. The van der Waals surface area contributed by atoms with E-state index in [4.69, 9.17) is 9.47 Å². The molecule has 2 aliphatic rings. The van der Waals surface area contributed by atoms with Crippen molar-refractivity contribution in [3.8, 4) is 11.4 Å². The number of ether oxygens (including phenoxy) is 2. The van der Waals surface area contributed by atoms with Crippen LogP contribution in [0.15, 0.2) is 70.7 Å². The molecule has 3 aromatic rings. The Labute approximate surface area is 216 Å². The maximum absolute atomic E-state index is 13.6. The van der Waals surface area contributed by atoms with E-state index in [1.165, 1.54) is 21.3 Å². The molecule has 11 heteroatoms. The van der Waals surface area contributed by atoms with Gasteiger partial charge in [0.1, 0.15) is 5.69 Å². The minimum absolute atomic E-state index is 0.0336. The molecule has 1 saturated heterocycles. The van der Waals surface area contributed by atoms with Crippen LogP contribution >= 0.6 is 0 Å². The van der Waals surface area contributed by atoms with E-state index < -0.39 is 10.0 Å². The van der Waals surface area contributed by atoms with Gasteiger partial charge in [-0.1, -0.05) is 24.3 Å². The molecule has 37 heavy (non-hydrogen) atoms. The number of hydrogen-bond acceptors (Lipinski definition) is 8. The Morgan fingerprint density at radius 3 is 2.22 bits per heavy atom. The average molecular weight is 526 g/mol. The number of nitrogens with zero attached hydrogens (tertiary/aromatic N) is 5. The first-order valence-corrected chi connectivity index (χ1v) is 13.9. The number of piperazine rings is 1.